The van der Waals surface area contributed by atoms with Gasteiger partial charge in [0.2, 0.25) is 0 Å². The second-order valence-electron chi connectivity index (χ2n) is 5.09. The molecule has 0 aromatic carbocycles. The summed E-state index contributed by atoms with van der Waals surface area (Å²) in [5.41, 5.74) is 1.47. The lowest BCUT2D eigenvalue weighted by molar-refractivity contribution is 0.488. The predicted octanol–water partition coefficient (Wildman–Crippen LogP) is 3.47. The number of hydrogen-bond donors (Lipinski definition) is 0. The highest BCUT2D eigenvalue weighted by Crippen LogP contribution is 2.36. The summed E-state index contributed by atoms with van der Waals surface area (Å²) in [5.74, 6) is 0.763. The van der Waals surface area contributed by atoms with Crippen LogP contribution in [0.2, 0.25) is 0 Å². The maximum absolute atomic E-state index is 4.23. The third-order valence-corrected chi connectivity index (χ3v) is 3.51. The van der Waals surface area contributed by atoms with Gasteiger partial charge in [-0.05, 0) is 48.2 Å². The van der Waals surface area contributed by atoms with Crippen LogP contribution >= 0.6 is 15.9 Å². The summed E-state index contributed by atoms with van der Waals surface area (Å²) < 4.78 is 1.05. The maximum Gasteiger partial charge on any atom is 0.0568 e. The molecule has 1 unspecified atom stereocenters. The van der Waals surface area contributed by atoms with Crippen LogP contribution in [0.15, 0.2) is 22.9 Å². The number of aromatic nitrogens is 1. The van der Waals surface area contributed by atoms with Crippen LogP contribution in [-0.4, -0.2) is 17.1 Å². The summed E-state index contributed by atoms with van der Waals surface area (Å²) >= 11 is 3.47. The van der Waals surface area contributed by atoms with Crippen molar-refractivity contribution in [1.29, 1.82) is 0 Å². The normalized spacial score (nSPS) is 24.5. The Balaban J connectivity index is 2.31. The zero-order valence-corrected chi connectivity index (χ0v) is 11.1. The lowest BCUT2D eigenvalue weighted by Crippen LogP contribution is -2.38. The van der Waals surface area contributed by atoms with Gasteiger partial charge in [0.1, 0.15) is 0 Å². The van der Waals surface area contributed by atoms with E-state index in [0.717, 1.165) is 16.9 Å². The molecule has 15 heavy (non-hydrogen) atoms. The summed E-state index contributed by atoms with van der Waals surface area (Å²) in [6.45, 7) is 8.05. The fourth-order valence-corrected chi connectivity index (χ4v) is 2.94. The smallest absolute Gasteiger partial charge is 0.0568 e. The zero-order valence-electron chi connectivity index (χ0n) is 9.50. The van der Waals surface area contributed by atoms with Crippen molar-refractivity contribution in [3.05, 3.63) is 22.9 Å². The van der Waals surface area contributed by atoms with Crippen molar-refractivity contribution in [3.8, 4) is 0 Å². The Morgan fingerprint density at radius 3 is 2.73 bits per heavy atom. The molecule has 3 heteroatoms. The summed E-state index contributed by atoms with van der Waals surface area (Å²) in [5, 5.41) is 0. The van der Waals surface area contributed by atoms with Gasteiger partial charge < -0.3 is 4.90 Å². The minimum atomic E-state index is 0.252. The first-order valence-electron chi connectivity index (χ1n) is 5.37. The average molecular weight is 269 g/mol. The third-order valence-electron chi connectivity index (χ3n) is 3.08. The van der Waals surface area contributed by atoms with Crippen molar-refractivity contribution < 1.29 is 0 Å². The SMILES string of the molecule is CC1CN(c2cncc(Br)c2)C(C)(C)C1. The standard InChI is InChI=1S/C12H17BrN2/c1-9-5-12(2,3)15(8-9)11-4-10(13)6-14-7-11/h4,6-7,9H,5,8H2,1-3H3. The van der Waals surface area contributed by atoms with Crippen molar-refractivity contribution in [2.75, 3.05) is 11.4 Å². The molecule has 1 aromatic rings. The molecule has 0 radical (unpaired) electrons. The second-order valence-corrected chi connectivity index (χ2v) is 6.01. The van der Waals surface area contributed by atoms with E-state index in [1.165, 1.54) is 12.1 Å². The van der Waals surface area contributed by atoms with Crippen LogP contribution < -0.4 is 4.90 Å². The summed E-state index contributed by atoms with van der Waals surface area (Å²) in [7, 11) is 0. The molecule has 1 saturated heterocycles. The molecule has 82 valence electrons. The Bertz CT molecular complexity index is 362. The molecular weight excluding hydrogens is 252 g/mol. The number of rotatable bonds is 1. The first-order valence-corrected chi connectivity index (χ1v) is 6.16. The number of anilines is 1. The lowest BCUT2D eigenvalue weighted by Gasteiger charge is -2.33. The fraction of sp³-hybridized carbons (Fsp3) is 0.583. The van der Waals surface area contributed by atoms with E-state index in [2.05, 4.69) is 52.7 Å². The molecule has 0 spiro atoms. The highest BCUT2D eigenvalue weighted by Gasteiger charge is 2.36. The van der Waals surface area contributed by atoms with E-state index in [-0.39, 0.29) is 5.54 Å². The van der Waals surface area contributed by atoms with Gasteiger partial charge >= 0.3 is 0 Å². The molecule has 0 saturated carbocycles. The van der Waals surface area contributed by atoms with Crippen LogP contribution in [0.1, 0.15) is 27.2 Å². The minimum absolute atomic E-state index is 0.252. The van der Waals surface area contributed by atoms with Gasteiger partial charge in [-0.1, -0.05) is 6.92 Å². The molecule has 2 rings (SSSR count). The van der Waals surface area contributed by atoms with Crippen molar-refractivity contribution in [3.63, 3.8) is 0 Å². The topological polar surface area (TPSA) is 16.1 Å². The Kier molecular flexibility index (Phi) is 2.75. The highest BCUT2D eigenvalue weighted by molar-refractivity contribution is 9.10. The molecule has 0 N–H and O–H groups in total. The Morgan fingerprint density at radius 2 is 2.20 bits per heavy atom. The second kappa shape index (κ2) is 3.78. The monoisotopic (exact) mass is 268 g/mol. The molecule has 1 fully saturated rings. The molecule has 1 aromatic heterocycles. The lowest BCUT2D eigenvalue weighted by atomic mass is 9.97. The van der Waals surface area contributed by atoms with Crippen molar-refractivity contribution >= 4 is 21.6 Å². The van der Waals surface area contributed by atoms with Crippen LogP contribution in [0.3, 0.4) is 0 Å². The zero-order chi connectivity index (χ0) is 11.1. The highest BCUT2D eigenvalue weighted by atomic mass is 79.9. The van der Waals surface area contributed by atoms with Gasteiger partial charge in [0.25, 0.3) is 0 Å². The first kappa shape index (κ1) is 10.9. The van der Waals surface area contributed by atoms with E-state index < -0.39 is 0 Å². The summed E-state index contributed by atoms with van der Waals surface area (Å²) in [6, 6.07) is 2.15. The molecule has 1 aliphatic heterocycles. The van der Waals surface area contributed by atoms with Crippen LogP contribution in [-0.2, 0) is 0 Å². The number of hydrogen-bond acceptors (Lipinski definition) is 2. The minimum Gasteiger partial charge on any atom is -0.365 e. The van der Waals surface area contributed by atoms with Crippen LogP contribution in [0.5, 0.6) is 0 Å². The largest absolute Gasteiger partial charge is 0.365 e. The third kappa shape index (κ3) is 2.17. The quantitative estimate of drug-likeness (QED) is 0.776. The number of halogens is 1. The Morgan fingerprint density at radius 1 is 1.47 bits per heavy atom. The van der Waals surface area contributed by atoms with E-state index in [1.807, 2.05) is 12.4 Å². The van der Waals surface area contributed by atoms with Gasteiger partial charge in [0, 0.05) is 22.8 Å². The van der Waals surface area contributed by atoms with E-state index >= 15 is 0 Å². The van der Waals surface area contributed by atoms with Gasteiger partial charge in [0.05, 0.1) is 11.9 Å². The molecule has 2 heterocycles. The predicted molar refractivity (Wildman–Crippen MR) is 67.1 cm³/mol. The average Bonchev–Trinajstić information content (AvgIpc) is 2.39. The number of pyridine rings is 1. The molecule has 2 nitrogen and oxygen atoms in total. The van der Waals surface area contributed by atoms with Crippen LogP contribution in [0, 0.1) is 5.92 Å². The number of nitrogens with zero attached hydrogens (tertiary/aromatic N) is 2. The Hall–Kier alpha value is -0.570. The maximum atomic E-state index is 4.23. The molecular formula is C12H17BrN2. The van der Waals surface area contributed by atoms with Gasteiger partial charge in [0.15, 0.2) is 0 Å². The van der Waals surface area contributed by atoms with Gasteiger partial charge in [-0.3, -0.25) is 4.98 Å². The van der Waals surface area contributed by atoms with Crippen molar-refractivity contribution in [2.24, 2.45) is 5.92 Å². The molecule has 1 aliphatic rings. The first-order chi connectivity index (χ1) is 6.99. The van der Waals surface area contributed by atoms with Crippen molar-refractivity contribution in [1.82, 2.24) is 4.98 Å². The van der Waals surface area contributed by atoms with Crippen LogP contribution in [0.4, 0.5) is 5.69 Å². The van der Waals surface area contributed by atoms with Gasteiger partial charge in [-0.15, -0.1) is 0 Å². The molecule has 0 bridgehead atoms. The summed E-state index contributed by atoms with van der Waals surface area (Å²) in [6.07, 6.45) is 5.03. The van der Waals surface area contributed by atoms with E-state index in [9.17, 15) is 0 Å². The van der Waals surface area contributed by atoms with E-state index in [0.29, 0.717) is 0 Å². The van der Waals surface area contributed by atoms with Crippen LogP contribution in [0.25, 0.3) is 0 Å². The molecule has 1 atom stereocenters. The fourth-order valence-electron chi connectivity index (χ4n) is 2.59. The van der Waals surface area contributed by atoms with Gasteiger partial charge in [-0.2, -0.15) is 0 Å². The van der Waals surface area contributed by atoms with E-state index in [4.69, 9.17) is 0 Å². The van der Waals surface area contributed by atoms with Crippen molar-refractivity contribution in [2.45, 2.75) is 32.7 Å². The van der Waals surface area contributed by atoms with Gasteiger partial charge in [-0.25, -0.2) is 0 Å². The molecule has 0 aliphatic carbocycles. The summed E-state index contributed by atoms with van der Waals surface area (Å²) in [4.78, 5) is 6.68. The van der Waals surface area contributed by atoms with E-state index in [1.54, 1.807) is 0 Å². The molecule has 0 amide bonds. The Labute approximate surface area is 99.8 Å².